The van der Waals surface area contributed by atoms with Crippen molar-refractivity contribution in [3.05, 3.63) is 59.9 Å². The first-order chi connectivity index (χ1) is 11.7. The molecule has 2 rings (SSSR count). The molecule has 0 aliphatic rings. The quantitative estimate of drug-likeness (QED) is 0.598. The van der Waals surface area contributed by atoms with E-state index in [1.165, 1.54) is 6.07 Å². The van der Waals surface area contributed by atoms with Gasteiger partial charge in [-0.1, -0.05) is 30.4 Å². The number of benzene rings is 2. The molecule has 0 spiro atoms. The summed E-state index contributed by atoms with van der Waals surface area (Å²) in [5.74, 6) is 1.40. The van der Waals surface area contributed by atoms with Crippen molar-refractivity contribution in [3.63, 3.8) is 0 Å². The third-order valence-electron chi connectivity index (χ3n) is 3.44. The van der Waals surface area contributed by atoms with Gasteiger partial charge in [0.25, 0.3) is 0 Å². The molecule has 4 heteroatoms. The number of hydrogen-bond donors (Lipinski definition) is 0. The zero-order chi connectivity index (χ0) is 17.2. The highest BCUT2D eigenvalue weighted by atomic mass is 19.1. The van der Waals surface area contributed by atoms with Crippen molar-refractivity contribution >= 4 is 6.08 Å². The van der Waals surface area contributed by atoms with Gasteiger partial charge in [0.05, 0.1) is 20.3 Å². The topological polar surface area (TPSA) is 27.7 Å². The summed E-state index contributed by atoms with van der Waals surface area (Å²) in [4.78, 5) is 0. The molecule has 0 unspecified atom stereocenters. The average molecular weight is 330 g/mol. The van der Waals surface area contributed by atoms with Gasteiger partial charge in [-0.25, -0.2) is 4.39 Å². The van der Waals surface area contributed by atoms with E-state index < -0.39 is 0 Å². The minimum Gasteiger partial charge on any atom is -0.493 e. The molecular formula is C20H23FO3. The van der Waals surface area contributed by atoms with Crippen molar-refractivity contribution in [2.24, 2.45) is 0 Å². The Balaban J connectivity index is 1.73. The van der Waals surface area contributed by atoms with Gasteiger partial charge in [-0.15, -0.1) is 0 Å². The Morgan fingerprint density at radius 3 is 2.29 bits per heavy atom. The number of para-hydroxylation sites is 1. The summed E-state index contributed by atoms with van der Waals surface area (Å²) in [6, 6.07) is 12.3. The van der Waals surface area contributed by atoms with Crippen molar-refractivity contribution in [1.82, 2.24) is 0 Å². The number of rotatable bonds is 9. The molecule has 0 aliphatic heterocycles. The van der Waals surface area contributed by atoms with E-state index in [0.29, 0.717) is 24.7 Å². The lowest BCUT2D eigenvalue weighted by Gasteiger charge is -2.11. The summed E-state index contributed by atoms with van der Waals surface area (Å²) in [5.41, 5.74) is 1.07. The lowest BCUT2D eigenvalue weighted by atomic mass is 10.2. The predicted octanol–water partition coefficient (Wildman–Crippen LogP) is 5.11. The molecule has 0 aliphatic carbocycles. The lowest BCUT2D eigenvalue weighted by Crippen LogP contribution is -2.04. The summed E-state index contributed by atoms with van der Waals surface area (Å²) in [5, 5.41) is 0. The van der Waals surface area contributed by atoms with Gasteiger partial charge in [0, 0.05) is 0 Å². The fourth-order valence-corrected chi connectivity index (χ4v) is 2.23. The van der Waals surface area contributed by atoms with E-state index in [-0.39, 0.29) is 5.82 Å². The van der Waals surface area contributed by atoms with Gasteiger partial charge in [-0.2, -0.15) is 0 Å². The third-order valence-corrected chi connectivity index (χ3v) is 3.44. The summed E-state index contributed by atoms with van der Waals surface area (Å²) in [6.07, 6.45) is 5.58. The number of hydrogen-bond acceptors (Lipinski definition) is 3. The molecule has 0 N–H and O–H groups in total. The SMILES string of the molecule is C/C=C/c1ccc(OCCCCOc2ccccc2F)c(OC)c1. The Labute approximate surface area is 142 Å². The van der Waals surface area contributed by atoms with Gasteiger partial charge in [0.1, 0.15) is 0 Å². The molecule has 2 aromatic rings. The van der Waals surface area contributed by atoms with E-state index >= 15 is 0 Å². The molecule has 0 saturated heterocycles. The second kappa shape index (κ2) is 9.60. The first-order valence-corrected chi connectivity index (χ1v) is 8.05. The molecule has 0 aromatic heterocycles. The highest BCUT2D eigenvalue weighted by Gasteiger charge is 2.05. The number of allylic oxidation sites excluding steroid dienone is 1. The first kappa shape index (κ1) is 17.9. The third kappa shape index (κ3) is 5.30. The molecule has 0 bridgehead atoms. The van der Waals surface area contributed by atoms with Crippen molar-refractivity contribution in [2.45, 2.75) is 19.8 Å². The van der Waals surface area contributed by atoms with E-state index in [0.717, 1.165) is 24.2 Å². The average Bonchev–Trinajstić information content (AvgIpc) is 2.60. The highest BCUT2D eigenvalue weighted by molar-refractivity contribution is 5.55. The van der Waals surface area contributed by atoms with E-state index in [1.54, 1.807) is 25.3 Å². The molecule has 3 nitrogen and oxygen atoms in total. The van der Waals surface area contributed by atoms with E-state index in [1.807, 2.05) is 37.3 Å². The van der Waals surface area contributed by atoms with E-state index in [2.05, 4.69) is 0 Å². The van der Waals surface area contributed by atoms with Crippen LogP contribution in [0, 0.1) is 5.82 Å². The molecule has 2 aromatic carbocycles. The summed E-state index contributed by atoms with van der Waals surface area (Å²) >= 11 is 0. The molecule has 0 fully saturated rings. The first-order valence-electron chi connectivity index (χ1n) is 8.05. The maximum absolute atomic E-state index is 13.4. The molecule has 24 heavy (non-hydrogen) atoms. The standard InChI is InChI=1S/C20H23FO3/c1-3-8-16-11-12-19(20(15-16)22-2)24-14-7-6-13-23-18-10-5-4-9-17(18)21/h3-5,8-12,15H,6-7,13-14H2,1-2H3/b8-3+. The van der Waals surface area contributed by atoms with Gasteiger partial charge >= 0.3 is 0 Å². The normalized spacial score (nSPS) is 10.8. The Morgan fingerprint density at radius 2 is 1.62 bits per heavy atom. The molecule has 0 atom stereocenters. The van der Waals surface area contributed by atoms with Crippen LogP contribution in [-0.2, 0) is 0 Å². The van der Waals surface area contributed by atoms with Gasteiger partial charge in [0.2, 0.25) is 0 Å². The highest BCUT2D eigenvalue weighted by Crippen LogP contribution is 2.28. The second-order valence-corrected chi connectivity index (χ2v) is 5.24. The van der Waals surface area contributed by atoms with Crippen LogP contribution in [0.2, 0.25) is 0 Å². The van der Waals surface area contributed by atoms with Crippen LogP contribution >= 0.6 is 0 Å². The lowest BCUT2D eigenvalue weighted by molar-refractivity contribution is 0.253. The largest absolute Gasteiger partial charge is 0.493 e. The molecule has 0 radical (unpaired) electrons. The minimum atomic E-state index is -0.334. The van der Waals surface area contributed by atoms with Gasteiger partial charge < -0.3 is 14.2 Å². The fraction of sp³-hybridized carbons (Fsp3) is 0.300. The number of unbranched alkanes of at least 4 members (excludes halogenated alkanes) is 1. The Bertz CT molecular complexity index is 668. The Hall–Kier alpha value is -2.49. The summed E-state index contributed by atoms with van der Waals surface area (Å²) < 4.78 is 29.9. The summed E-state index contributed by atoms with van der Waals surface area (Å²) in [7, 11) is 1.63. The number of halogens is 1. The molecular weight excluding hydrogens is 307 g/mol. The van der Waals surface area contributed by atoms with Gasteiger partial charge in [-0.3, -0.25) is 0 Å². The van der Waals surface area contributed by atoms with Crippen LogP contribution in [0.25, 0.3) is 6.08 Å². The van der Waals surface area contributed by atoms with Gasteiger partial charge in [0.15, 0.2) is 23.1 Å². The van der Waals surface area contributed by atoms with Crippen LogP contribution < -0.4 is 14.2 Å². The van der Waals surface area contributed by atoms with Crippen molar-refractivity contribution in [3.8, 4) is 17.2 Å². The molecule has 0 saturated carbocycles. The van der Waals surface area contributed by atoms with Crippen molar-refractivity contribution < 1.29 is 18.6 Å². The zero-order valence-corrected chi connectivity index (χ0v) is 14.1. The van der Waals surface area contributed by atoms with E-state index in [9.17, 15) is 4.39 Å². The maximum atomic E-state index is 13.4. The van der Waals surface area contributed by atoms with Crippen molar-refractivity contribution in [1.29, 1.82) is 0 Å². The van der Waals surface area contributed by atoms with Crippen LogP contribution in [0.4, 0.5) is 4.39 Å². The van der Waals surface area contributed by atoms with Crippen LogP contribution in [-0.4, -0.2) is 20.3 Å². The monoisotopic (exact) mass is 330 g/mol. The van der Waals surface area contributed by atoms with Crippen LogP contribution in [0.1, 0.15) is 25.3 Å². The number of ether oxygens (including phenoxy) is 3. The summed E-state index contributed by atoms with van der Waals surface area (Å²) in [6.45, 7) is 2.99. The molecule has 0 heterocycles. The second-order valence-electron chi connectivity index (χ2n) is 5.24. The van der Waals surface area contributed by atoms with Crippen LogP contribution in [0.5, 0.6) is 17.2 Å². The number of methoxy groups -OCH3 is 1. The van der Waals surface area contributed by atoms with Gasteiger partial charge in [-0.05, 0) is 49.6 Å². The van der Waals surface area contributed by atoms with E-state index in [4.69, 9.17) is 14.2 Å². The minimum absolute atomic E-state index is 0.291. The zero-order valence-electron chi connectivity index (χ0n) is 14.1. The Kier molecular flexibility index (Phi) is 7.15. The predicted molar refractivity (Wildman–Crippen MR) is 94.3 cm³/mol. The maximum Gasteiger partial charge on any atom is 0.165 e. The fourth-order valence-electron chi connectivity index (χ4n) is 2.23. The van der Waals surface area contributed by atoms with Crippen molar-refractivity contribution in [2.75, 3.05) is 20.3 Å². The Morgan fingerprint density at radius 1 is 0.917 bits per heavy atom. The molecule has 0 amide bonds. The van der Waals surface area contributed by atoms with Crippen LogP contribution in [0.15, 0.2) is 48.5 Å². The van der Waals surface area contributed by atoms with Crippen LogP contribution in [0.3, 0.4) is 0 Å². The molecule has 128 valence electrons. The smallest absolute Gasteiger partial charge is 0.165 e.